The van der Waals surface area contributed by atoms with E-state index < -0.39 is 28.5 Å². The van der Waals surface area contributed by atoms with Crippen LogP contribution in [0.4, 0.5) is 5.69 Å². The third kappa shape index (κ3) is 7.07. The Labute approximate surface area is 234 Å². The van der Waals surface area contributed by atoms with Gasteiger partial charge in [-0.15, -0.1) is 0 Å². The minimum atomic E-state index is -4.15. The van der Waals surface area contributed by atoms with E-state index in [4.69, 9.17) is 23.2 Å². The third-order valence-corrected chi connectivity index (χ3v) is 8.54. The van der Waals surface area contributed by atoms with E-state index in [0.29, 0.717) is 22.2 Å². The van der Waals surface area contributed by atoms with Gasteiger partial charge in [0.2, 0.25) is 11.8 Å². The summed E-state index contributed by atoms with van der Waals surface area (Å²) < 4.78 is 28.7. The van der Waals surface area contributed by atoms with E-state index in [-0.39, 0.29) is 23.0 Å². The van der Waals surface area contributed by atoms with Gasteiger partial charge in [-0.1, -0.05) is 66.5 Å². The molecule has 7 nitrogen and oxygen atoms in total. The van der Waals surface area contributed by atoms with Gasteiger partial charge in [-0.25, -0.2) is 8.42 Å². The van der Waals surface area contributed by atoms with Crippen molar-refractivity contribution in [2.75, 3.05) is 17.4 Å². The second kappa shape index (κ2) is 13.1. The molecule has 38 heavy (non-hydrogen) atoms. The summed E-state index contributed by atoms with van der Waals surface area (Å²) in [5, 5.41) is 3.72. The van der Waals surface area contributed by atoms with Gasteiger partial charge in [0.15, 0.2) is 0 Å². The first-order valence-electron chi connectivity index (χ1n) is 12.2. The molecule has 1 N–H and O–H groups in total. The van der Waals surface area contributed by atoms with E-state index in [1.165, 1.54) is 17.0 Å². The molecule has 1 unspecified atom stereocenters. The molecule has 0 fully saturated rings. The number of benzene rings is 3. The number of hydrogen-bond donors (Lipinski definition) is 1. The lowest BCUT2D eigenvalue weighted by Crippen LogP contribution is -2.51. The molecule has 2 amide bonds. The summed E-state index contributed by atoms with van der Waals surface area (Å²) in [5.41, 5.74) is 1.54. The van der Waals surface area contributed by atoms with Crippen molar-refractivity contribution in [3.05, 3.63) is 94.0 Å². The topological polar surface area (TPSA) is 86.8 Å². The Hall–Kier alpha value is -3.07. The van der Waals surface area contributed by atoms with Crippen molar-refractivity contribution in [3.8, 4) is 0 Å². The first kappa shape index (κ1) is 29.5. The van der Waals surface area contributed by atoms with Crippen LogP contribution in [0.3, 0.4) is 0 Å². The van der Waals surface area contributed by atoms with E-state index in [2.05, 4.69) is 5.32 Å². The predicted octanol–water partition coefficient (Wildman–Crippen LogP) is 5.44. The summed E-state index contributed by atoms with van der Waals surface area (Å²) in [7, 11) is -4.15. The van der Waals surface area contributed by atoms with Gasteiger partial charge in [-0.2, -0.15) is 0 Å². The van der Waals surface area contributed by atoms with E-state index in [1.54, 1.807) is 74.5 Å². The molecule has 0 aliphatic rings. The van der Waals surface area contributed by atoms with E-state index in [0.717, 1.165) is 16.3 Å². The van der Waals surface area contributed by atoms with Crippen LogP contribution in [0.2, 0.25) is 10.0 Å². The van der Waals surface area contributed by atoms with E-state index >= 15 is 0 Å². The molecule has 0 radical (unpaired) electrons. The quantitative estimate of drug-likeness (QED) is 0.330. The second-order valence-electron chi connectivity index (χ2n) is 8.82. The average molecular weight is 577 g/mol. The lowest BCUT2D eigenvalue weighted by molar-refractivity contribution is -0.139. The first-order valence-corrected chi connectivity index (χ1v) is 14.4. The van der Waals surface area contributed by atoms with Gasteiger partial charge < -0.3 is 10.2 Å². The minimum absolute atomic E-state index is 0.0326. The Morgan fingerprint density at radius 3 is 2.24 bits per heavy atom. The van der Waals surface area contributed by atoms with E-state index in [9.17, 15) is 18.0 Å². The lowest BCUT2D eigenvalue weighted by Gasteiger charge is -2.32. The molecule has 3 aromatic rings. The van der Waals surface area contributed by atoms with Crippen LogP contribution in [0.1, 0.15) is 31.4 Å². The Morgan fingerprint density at radius 2 is 1.61 bits per heavy atom. The normalized spacial score (nSPS) is 12.0. The van der Waals surface area contributed by atoms with Crippen LogP contribution in [0, 0.1) is 6.92 Å². The molecule has 0 aromatic heterocycles. The molecule has 10 heteroatoms. The number of amides is 2. The second-order valence-corrected chi connectivity index (χ2v) is 11.5. The molecule has 0 heterocycles. The number of carbonyl (C=O) groups excluding carboxylic acids is 2. The largest absolute Gasteiger partial charge is 0.354 e. The molecule has 0 aliphatic carbocycles. The smallest absolute Gasteiger partial charge is 0.264 e. The molecular formula is C28H31Cl2N3O4S. The van der Waals surface area contributed by atoms with Crippen LogP contribution in [-0.2, 0) is 26.2 Å². The molecule has 1 atom stereocenters. The molecule has 0 aliphatic heterocycles. The number of carbonyl (C=O) groups is 2. The number of sulfonamides is 1. The Morgan fingerprint density at radius 1 is 0.947 bits per heavy atom. The summed E-state index contributed by atoms with van der Waals surface area (Å²) in [6.45, 7) is 5.27. The maximum absolute atomic E-state index is 13.9. The molecule has 0 spiro atoms. The Balaban J connectivity index is 2.04. The summed E-state index contributed by atoms with van der Waals surface area (Å²) in [4.78, 5) is 28.2. The maximum atomic E-state index is 13.9. The van der Waals surface area contributed by atoms with Crippen molar-refractivity contribution in [2.45, 2.75) is 44.7 Å². The fourth-order valence-electron chi connectivity index (χ4n) is 3.86. The van der Waals surface area contributed by atoms with Crippen LogP contribution in [0.5, 0.6) is 0 Å². The SMILES string of the molecule is CCCNC(=O)C(C)N(Cc1ccc(Cl)cc1)C(=O)CN(c1cccc(Cl)c1C)S(=O)(=O)c1ccccc1. The first-order chi connectivity index (χ1) is 18.1. The van der Waals surface area contributed by atoms with Gasteiger partial charge in [0.1, 0.15) is 12.6 Å². The van der Waals surface area contributed by atoms with Crippen LogP contribution in [0.15, 0.2) is 77.7 Å². The summed E-state index contributed by atoms with van der Waals surface area (Å²) in [6.07, 6.45) is 0.737. The molecule has 0 saturated heterocycles. The number of nitrogens with zero attached hydrogens (tertiary/aromatic N) is 2. The summed E-state index contributed by atoms with van der Waals surface area (Å²) >= 11 is 12.4. The molecule has 0 saturated carbocycles. The highest BCUT2D eigenvalue weighted by Crippen LogP contribution is 2.31. The lowest BCUT2D eigenvalue weighted by atomic mass is 10.1. The van der Waals surface area contributed by atoms with Gasteiger partial charge in [0, 0.05) is 23.1 Å². The fraction of sp³-hybridized carbons (Fsp3) is 0.286. The van der Waals surface area contributed by atoms with Crippen LogP contribution in [-0.4, -0.2) is 44.3 Å². The monoisotopic (exact) mass is 575 g/mol. The number of rotatable bonds is 11. The average Bonchev–Trinajstić information content (AvgIpc) is 2.91. The number of anilines is 1. The predicted molar refractivity (Wildman–Crippen MR) is 152 cm³/mol. The van der Waals surface area contributed by atoms with Crippen molar-refractivity contribution in [3.63, 3.8) is 0 Å². The van der Waals surface area contributed by atoms with Gasteiger partial charge in [-0.3, -0.25) is 13.9 Å². The van der Waals surface area contributed by atoms with Gasteiger partial charge in [-0.05, 0) is 67.8 Å². The van der Waals surface area contributed by atoms with Crippen LogP contribution < -0.4 is 9.62 Å². The van der Waals surface area contributed by atoms with E-state index in [1.807, 2.05) is 6.92 Å². The number of halogens is 2. The zero-order chi connectivity index (χ0) is 27.9. The third-order valence-electron chi connectivity index (χ3n) is 6.10. The molecule has 3 aromatic carbocycles. The van der Waals surface area contributed by atoms with Crippen LogP contribution >= 0.6 is 23.2 Å². The molecule has 202 valence electrons. The number of hydrogen-bond acceptors (Lipinski definition) is 4. The number of nitrogens with one attached hydrogen (secondary N) is 1. The highest BCUT2D eigenvalue weighted by molar-refractivity contribution is 7.92. The summed E-state index contributed by atoms with van der Waals surface area (Å²) in [6, 6.07) is 18.8. The van der Waals surface area contributed by atoms with Crippen molar-refractivity contribution in [2.24, 2.45) is 0 Å². The van der Waals surface area contributed by atoms with Gasteiger partial charge in [0.05, 0.1) is 10.6 Å². The Kier molecular flexibility index (Phi) is 10.2. The standard InChI is InChI=1S/C28H31Cl2N3O4S/c1-4-17-31-28(35)21(3)32(18-22-13-15-23(29)16-14-22)27(34)19-33(26-12-8-11-25(30)20(26)2)38(36,37)24-9-6-5-7-10-24/h5-16,21H,4,17-19H2,1-3H3,(H,31,35). The highest BCUT2D eigenvalue weighted by Gasteiger charge is 2.33. The van der Waals surface area contributed by atoms with Crippen LogP contribution in [0.25, 0.3) is 0 Å². The van der Waals surface area contributed by atoms with Crippen molar-refractivity contribution in [1.29, 1.82) is 0 Å². The summed E-state index contributed by atoms with van der Waals surface area (Å²) in [5.74, 6) is -0.872. The minimum Gasteiger partial charge on any atom is -0.354 e. The van der Waals surface area contributed by atoms with Crippen molar-refractivity contribution in [1.82, 2.24) is 10.2 Å². The zero-order valence-electron chi connectivity index (χ0n) is 21.5. The molecule has 0 bridgehead atoms. The van der Waals surface area contributed by atoms with Crippen molar-refractivity contribution >= 4 is 50.7 Å². The zero-order valence-corrected chi connectivity index (χ0v) is 23.9. The molecule has 3 rings (SSSR count). The fourth-order valence-corrected chi connectivity index (χ4v) is 5.65. The maximum Gasteiger partial charge on any atom is 0.264 e. The highest BCUT2D eigenvalue weighted by atomic mass is 35.5. The van der Waals surface area contributed by atoms with Crippen molar-refractivity contribution < 1.29 is 18.0 Å². The van der Waals surface area contributed by atoms with Gasteiger partial charge in [0.25, 0.3) is 10.0 Å². The Bertz CT molecular complexity index is 1370. The molecular weight excluding hydrogens is 545 g/mol. The van der Waals surface area contributed by atoms with Gasteiger partial charge >= 0.3 is 0 Å².